The fraction of sp³-hybridized carbons (Fsp3) is 0.250. The summed E-state index contributed by atoms with van der Waals surface area (Å²) in [4.78, 5) is 34.4. The first-order valence-corrected chi connectivity index (χ1v) is 14.6. The third kappa shape index (κ3) is 6.75. The highest BCUT2D eigenvalue weighted by molar-refractivity contribution is 7.80. The molecule has 0 fully saturated rings. The molecule has 0 amide bonds. The van der Waals surface area contributed by atoms with Gasteiger partial charge < -0.3 is 34.1 Å². The molecular weight excluding hydrogens is 557 g/mol. The van der Waals surface area contributed by atoms with Crippen molar-refractivity contribution in [1.29, 1.82) is 0 Å². The number of phenolic OH excluding ortho intramolecular Hbond substituents is 1. The van der Waals surface area contributed by atoms with E-state index >= 15 is 0 Å². The molecule has 2 aliphatic rings. The minimum atomic E-state index is -3.73. The first-order valence-electron chi connectivity index (χ1n) is 12.2. The summed E-state index contributed by atoms with van der Waals surface area (Å²) >= 11 is 5.51. The van der Waals surface area contributed by atoms with Crippen LogP contribution in [0.4, 0.5) is 5.69 Å². The van der Waals surface area contributed by atoms with Crippen molar-refractivity contribution in [1.82, 2.24) is 0 Å². The predicted molar refractivity (Wildman–Crippen MR) is 156 cm³/mol. The van der Waals surface area contributed by atoms with Gasteiger partial charge in [0.15, 0.2) is 5.43 Å². The third-order valence-corrected chi connectivity index (χ3v) is 7.33. The quantitative estimate of drug-likeness (QED) is 0.105. The Balaban J connectivity index is 1.72. The maximum absolute atomic E-state index is 12.4. The first kappa shape index (κ1) is 29.4. The monoisotopic (exact) mass is 585 g/mol. The molecule has 10 nitrogen and oxygen atoms in total. The van der Waals surface area contributed by atoms with E-state index in [4.69, 9.17) is 25.9 Å². The summed E-state index contributed by atoms with van der Waals surface area (Å²) in [7, 11) is -2.22. The summed E-state index contributed by atoms with van der Waals surface area (Å²) in [6, 6.07) is 13.5. The molecule has 4 N–H and O–H groups in total. The number of carboxylic acid groups (broad SMARTS) is 1. The highest BCUT2D eigenvalue weighted by Gasteiger charge is 2.26. The van der Waals surface area contributed by atoms with Crippen molar-refractivity contribution in [3.8, 4) is 28.2 Å². The fourth-order valence-electron chi connectivity index (χ4n) is 4.59. The van der Waals surface area contributed by atoms with Crippen LogP contribution in [0, 0.1) is 5.92 Å². The Morgan fingerprint density at radius 2 is 1.85 bits per heavy atom. The summed E-state index contributed by atoms with van der Waals surface area (Å²) in [6.45, 7) is 2.99. The largest absolute Gasteiger partial charge is 0.508 e. The van der Waals surface area contributed by atoms with Gasteiger partial charge in [-0.15, -0.1) is 0 Å². The number of ether oxygens (including phenoxy) is 1. The van der Waals surface area contributed by atoms with Crippen LogP contribution >= 0.6 is 19.8 Å². The second kappa shape index (κ2) is 11.9. The lowest BCUT2D eigenvalue weighted by atomic mass is 9.90. The van der Waals surface area contributed by atoms with Crippen molar-refractivity contribution in [2.45, 2.75) is 19.4 Å². The molecule has 2 aromatic carbocycles. The molecule has 0 radical (unpaired) electrons. The Bertz CT molecular complexity index is 1660. The van der Waals surface area contributed by atoms with Crippen molar-refractivity contribution in [3.63, 3.8) is 0 Å². The number of anilines is 1. The van der Waals surface area contributed by atoms with Crippen LogP contribution in [0.5, 0.6) is 5.75 Å². The average Bonchev–Trinajstić information content (AvgIpc) is 2.86. The lowest BCUT2D eigenvalue weighted by Crippen LogP contribution is -2.28. The molecular formula is C28H28NO9PS. The van der Waals surface area contributed by atoms with Crippen LogP contribution in [0.15, 0.2) is 63.8 Å². The van der Waals surface area contributed by atoms with Crippen LogP contribution in [-0.2, 0) is 13.8 Å². The van der Waals surface area contributed by atoms with Crippen molar-refractivity contribution in [2.75, 3.05) is 25.7 Å². The smallest absolute Gasteiger partial charge is 0.336 e. The summed E-state index contributed by atoms with van der Waals surface area (Å²) in [6.07, 6.45) is -0.373. The van der Waals surface area contributed by atoms with Gasteiger partial charge in [0, 0.05) is 60.4 Å². The van der Waals surface area contributed by atoms with Gasteiger partial charge in [0.05, 0.1) is 23.3 Å². The number of hydrogen-bond donors (Lipinski definition) is 4. The summed E-state index contributed by atoms with van der Waals surface area (Å²) in [5.74, 6) is -1.32. The Kier molecular flexibility index (Phi) is 8.72. The maximum atomic E-state index is 12.4. The summed E-state index contributed by atoms with van der Waals surface area (Å²) in [5.41, 5.74) is 1.84. The summed E-state index contributed by atoms with van der Waals surface area (Å²) in [5, 5.41) is 23.7. The predicted octanol–water partition coefficient (Wildman–Crippen LogP) is 5.58. The SMILES string of the molecule is COC[C@H](CC(=S)Nc1ccc(-c2c3ccc(=O)cc-3oc3cc(O)ccc23)c(C(=O)O)c1)[C@H](C)OP(C)(=O)O. The molecule has 0 spiro atoms. The zero-order valence-corrected chi connectivity index (χ0v) is 23.6. The lowest BCUT2D eigenvalue weighted by molar-refractivity contribution is 0.0695. The molecule has 1 heterocycles. The van der Waals surface area contributed by atoms with Crippen molar-refractivity contribution in [3.05, 3.63) is 70.4 Å². The Labute approximate surface area is 235 Å². The van der Waals surface area contributed by atoms with Crippen LogP contribution in [0.3, 0.4) is 0 Å². The van der Waals surface area contributed by atoms with Gasteiger partial charge in [0.1, 0.15) is 17.1 Å². The van der Waals surface area contributed by atoms with E-state index in [-0.39, 0.29) is 47.0 Å². The van der Waals surface area contributed by atoms with Crippen LogP contribution in [0.1, 0.15) is 23.7 Å². The highest BCUT2D eigenvalue weighted by atomic mass is 32.1. The minimum absolute atomic E-state index is 0.0294. The summed E-state index contributed by atoms with van der Waals surface area (Å²) < 4.78 is 28.0. The topological polar surface area (TPSA) is 156 Å². The van der Waals surface area contributed by atoms with Gasteiger partial charge in [-0.25, -0.2) is 4.79 Å². The molecule has 40 heavy (non-hydrogen) atoms. The van der Waals surface area contributed by atoms with Gasteiger partial charge in [-0.1, -0.05) is 18.3 Å². The van der Waals surface area contributed by atoms with Crippen LogP contribution < -0.4 is 10.7 Å². The molecule has 1 aliphatic carbocycles. The van der Waals surface area contributed by atoms with Crippen molar-refractivity contribution >= 4 is 47.4 Å². The van der Waals surface area contributed by atoms with E-state index in [0.29, 0.717) is 32.8 Å². The average molecular weight is 586 g/mol. The Hall–Kier alpha value is -3.60. The number of carbonyl (C=O) groups is 1. The van der Waals surface area contributed by atoms with E-state index < -0.39 is 19.7 Å². The number of aromatic carboxylic acids is 1. The minimum Gasteiger partial charge on any atom is -0.508 e. The van der Waals surface area contributed by atoms with E-state index in [9.17, 15) is 29.3 Å². The molecule has 4 rings (SSSR count). The van der Waals surface area contributed by atoms with E-state index in [1.54, 1.807) is 31.2 Å². The number of fused-ring (bicyclic) bond motifs is 2. The van der Waals surface area contributed by atoms with Crippen LogP contribution in [-0.4, -0.2) is 52.5 Å². The third-order valence-electron chi connectivity index (χ3n) is 6.33. The standard InChI is InChI=1S/C28H28NO9PS/c1-15(38-39(3,34)35)16(14-36-2)10-26(40)29-17-4-7-20(23(11-17)28(32)33)27-21-8-5-18(30)12-24(21)37-25-13-19(31)6-9-22(25)27/h4-9,11-13,15-16,30H,10,14H2,1-3H3,(H,29,40)(H,32,33)(H,34,35)/t15-,16-/m0/s1. The van der Waals surface area contributed by atoms with E-state index in [2.05, 4.69) is 5.32 Å². The van der Waals surface area contributed by atoms with Crippen molar-refractivity contribution < 1.29 is 38.1 Å². The number of hydrogen-bond acceptors (Lipinski definition) is 8. The maximum Gasteiger partial charge on any atom is 0.336 e. The van der Waals surface area contributed by atoms with E-state index in [1.807, 2.05) is 0 Å². The molecule has 0 saturated heterocycles. The Morgan fingerprint density at radius 3 is 2.52 bits per heavy atom. The van der Waals surface area contributed by atoms with E-state index in [1.165, 1.54) is 37.4 Å². The van der Waals surface area contributed by atoms with Crippen LogP contribution in [0.25, 0.3) is 33.4 Å². The molecule has 12 heteroatoms. The van der Waals surface area contributed by atoms with Gasteiger partial charge in [-0.2, -0.15) is 0 Å². The van der Waals surface area contributed by atoms with Gasteiger partial charge in [-0.05, 0) is 48.9 Å². The Morgan fingerprint density at radius 1 is 1.12 bits per heavy atom. The molecule has 0 aromatic heterocycles. The van der Waals surface area contributed by atoms with Gasteiger partial charge in [0.2, 0.25) is 0 Å². The number of thiocarbonyl (C=S) groups is 1. The molecule has 0 saturated carbocycles. The number of phenols is 1. The number of benzene rings is 3. The molecule has 1 aliphatic heterocycles. The zero-order valence-electron chi connectivity index (χ0n) is 21.9. The number of aromatic hydroxyl groups is 1. The first-order chi connectivity index (χ1) is 18.9. The highest BCUT2D eigenvalue weighted by Crippen LogP contribution is 2.43. The molecule has 3 atom stereocenters. The lowest BCUT2D eigenvalue weighted by Gasteiger charge is -2.25. The van der Waals surface area contributed by atoms with Crippen molar-refractivity contribution in [2.24, 2.45) is 5.92 Å². The molecule has 2 aromatic rings. The molecule has 210 valence electrons. The van der Waals surface area contributed by atoms with Gasteiger partial charge in [0.25, 0.3) is 0 Å². The normalized spacial score (nSPS) is 14.5. The zero-order chi connectivity index (χ0) is 29.2. The second-order valence-corrected chi connectivity index (χ2v) is 11.8. The number of nitrogens with one attached hydrogen (secondary N) is 1. The van der Waals surface area contributed by atoms with E-state index in [0.717, 1.165) is 6.66 Å². The second-order valence-electron chi connectivity index (χ2n) is 9.46. The molecule has 1 unspecified atom stereocenters. The number of rotatable bonds is 10. The van der Waals surface area contributed by atoms with Crippen LogP contribution in [0.2, 0.25) is 0 Å². The number of carboxylic acids is 1. The fourth-order valence-corrected chi connectivity index (χ4v) is 5.71. The number of methoxy groups -OCH3 is 1. The van der Waals surface area contributed by atoms with Gasteiger partial charge in [-0.3, -0.25) is 9.36 Å². The molecule has 0 bridgehead atoms. The van der Waals surface area contributed by atoms with Gasteiger partial charge >= 0.3 is 13.6 Å².